The zero-order valence-electron chi connectivity index (χ0n) is 30.8. The number of unbranched alkanes of at least 4 members (excludes halogenated alkanes) is 5. The van der Waals surface area contributed by atoms with Crippen LogP contribution in [-0.4, -0.2) is 112 Å². The Morgan fingerprint density at radius 1 is 0.980 bits per heavy atom. The molecule has 2 aliphatic rings. The van der Waals surface area contributed by atoms with Crippen LogP contribution in [0.4, 0.5) is 5.69 Å². The van der Waals surface area contributed by atoms with Crippen molar-refractivity contribution in [3.05, 3.63) is 77.6 Å². The number of carbonyl (C=O) groups excluding carboxylic acids is 1. The number of ketones is 1. The van der Waals surface area contributed by atoms with Crippen LogP contribution in [0.1, 0.15) is 55.6 Å². The fourth-order valence-corrected chi connectivity index (χ4v) is 11.3. The third-order valence-corrected chi connectivity index (χ3v) is 13.9. The summed E-state index contributed by atoms with van der Waals surface area (Å²) in [6.07, 6.45) is 13.6. The molecular formula is C28H42B12N2Na2O3S2+. The number of rotatable bonds is 15. The molecule has 2 atom stereocenters. The van der Waals surface area contributed by atoms with Crippen molar-refractivity contribution >= 4 is 122 Å². The quantitative estimate of drug-likeness (QED) is 0.0986. The average molecular weight is 685 g/mol. The van der Waals surface area contributed by atoms with E-state index >= 15 is 0 Å². The summed E-state index contributed by atoms with van der Waals surface area (Å²) in [7, 11) is 17.6. The van der Waals surface area contributed by atoms with E-state index in [1.165, 1.54) is 37.9 Å². The summed E-state index contributed by atoms with van der Waals surface area (Å²) in [4.78, 5) is 12.0. The molecule has 3 radical (unpaired) electrons. The van der Waals surface area contributed by atoms with E-state index in [2.05, 4.69) is 73.5 Å². The molecule has 0 fully saturated rings. The van der Waals surface area contributed by atoms with Gasteiger partial charge in [0, 0.05) is 35.2 Å². The van der Waals surface area contributed by atoms with Gasteiger partial charge >= 0.3 is 231 Å². The standard InChI is InChI=1S/C28H42B12N2O3S2.2Na/c29-35-40(34)47(36-38(30)31,37-39(32)33)16-6-4-2-1-3-5-15-41-28(46)42-20-9-7-19(8-10-20)27-23-13-11-21(43)17-25(23)45-26-18-22(44)12-14-24(26)27;;/h7-14,17-18,23,27,35,44H,1-6,15-16,30-34H2,(H2,41,42,46);;/q-1;2*+1/i29-1,30-1,31-1,32-1,33-1,34-1,35-1,36-1,37-1,38-1,39-1,40-1;;. The summed E-state index contributed by atoms with van der Waals surface area (Å²) in [5.74, 6) is 2.91. The van der Waals surface area contributed by atoms with E-state index < -0.39 is 8.73 Å². The molecule has 49 heavy (non-hydrogen) atoms. The van der Waals surface area contributed by atoms with Crippen molar-refractivity contribution < 1.29 is 73.8 Å². The van der Waals surface area contributed by atoms with Gasteiger partial charge in [-0.3, -0.25) is 4.79 Å². The Morgan fingerprint density at radius 3 is 2.24 bits per heavy atom. The zero-order chi connectivity index (χ0) is 34.0. The van der Waals surface area contributed by atoms with Gasteiger partial charge in [0.1, 0.15) is 17.3 Å². The molecule has 0 bridgehead atoms. The van der Waals surface area contributed by atoms with Gasteiger partial charge in [0.05, 0.1) is 0 Å². The van der Waals surface area contributed by atoms with E-state index in [-0.39, 0.29) is 82.5 Å². The summed E-state index contributed by atoms with van der Waals surface area (Å²) in [5.41, 5.74) is 2.99. The van der Waals surface area contributed by atoms with Crippen molar-refractivity contribution in [1.82, 2.24) is 5.32 Å². The maximum atomic E-state index is 12.0. The van der Waals surface area contributed by atoms with E-state index in [1.807, 2.05) is 24.3 Å². The molecule has 231 valence electrons. The van der Waals surface area contributed by atoms with Crippen molar-refractivity contribution in [2.75, 3.05) is 17.6 Å². The molecule has 5 nitrogen and oxygen atoms in total. The van der Waals surface area contributed by atoms with Crippen LogP contribution in [0.15, 0.2) is 66.5 Å². The number of nitrogens with one attached hydrogen (secondary N) is 2. The van der Waals surface area contributed by atoms with Crippen LogP contribution in [-0.2, 0) is 4.79 Å². The number of thiocarbonyl (C=S) groups is 1. The molecule has 0 amide bonds. The third kappa shape index (κ3) is 13.4. The number of phenols is 1. The molecular weight excluding hydrogens is 643 g/mol. The van der Waals surface area contributed by atoms with Gasteiger partial charge in [0.15, 0.2) is 5.78 Å². The summed E-state index contributed by atoms with van der Waals surface area (Å²) in [5, 5.41) is 17.3. The molecule has 1 aliphatic carbocycles. The van der Waals surface area contributed by atoms with Crippen molar-refractivity contribution in [2.24, 2.45) is 5.92 Å². The number of benzene rings is 2. The zero-order valence-corrected chi connectivity index (χ0v) is 36.5. The molecule has 2 unspecified atom stereocenters. The Labute approximate surface area is 354 Å². The Morgan fingerprint density at radius 2 is 1.61 bits per heavy atom. The minimum atomic E-state index is -0.924. The second kappa shape index (κ2) is 22.3. The second-order valence-corrected chi connectivity index (χ2v) is 17.7. The van der Waals surface area contributed by atoms with Crippen molar-refractivity contribution in [1.29, 1.82) is 0 Å². The van der Waals surface area contributed by atoms with Crippen LogP contribution >= 0.6 is 21.0 Å². The first-order valence-electron chi connectivity index (χ1n) is 17.3. The van der Waals surface area contributed by atoms with E-state index in [0.717, 1.165) is 36.8 Å². The van der Waals surface area contributed by atoms with Gasteiger partial charge in [0.25, 0.3) is 0 Å². The van der Waals surface area contributed by atoms with Gasteiger partial charge < -0.3 is 9.84 Å². The second-order valence-electron chi connectivity index (χ2n) is 13.7. The van der Waals surface area contributed by atoms with E-state index in [0.29, 0.717) is 35.2 Å². The number of hydrogen-bond donors (Lipinski definition) is 3. The molecule has 0 spiro atoms. The summed E-state index contributed by atoms with van der Waals surface area (Å²) in [6.45, 7) is 0.853. The minimum absolute atomic E-state index is 0. The fraction of sp³-hybridized carbons (Fsp3) is 0.357. The Kier molecular flexibility index (Phi) is 20.5. The number of carbonyl (C=O) groups is 1. The predicted octanol–water partition coefficient (Wildman–Crippen LogP) is -7.13. The average Bonchev–Trinajstić information content (AvgIpc) is 3.02. The predicted molar refractivity (Wildman–Crippen MR) is 232 cm³/mol. The van der Waals surface area contributed by atoms with Gasteiger partial charge in [0.2, 0.25) is 0 Å². The topological polar surface area (TPSA) is 70.6 Å². The molecule has 1 aliphatic heterocycles. The summed E-state index contributed by atoms with van der Waals surface area (Å²) < 4.78 is 6.03. The third-order valence-electron chi connectivity index (χ3n) is 8.87. The van der Waals surface area contributed by atoms with Gasteiger partial charge in [-0.1, -0.05) is 24.3 Å². The first-order valence-corrected chi connectivity index (χ1v) is 19.7. The van der Waals surface area contributed by atoms with E-state index in [4.69, 9.17) is 24.7 Å². The van der Waals surface area contributed by atoms with Crippen LogP contribution in [0.2, 0.25) is 0 Å². The number of anilines is 1. The molecule has 2 aromatic rings. The SMILES string of the molecule is [10B-][10BH][10B]([10BH2])S(=[10B][10B]([10BH2])[10BH2])(=[10B][10B]([10BH2])[10BH2])CCCCCCCCNC(=S)Nc1ccc(C2c3ccc(O)cc3OC3=CC(=O)C=CC32)cc1.[Na+].[Na+]. The van der Waals surface area contributed by atoms with E-state index in [9.17, 15) is 9.90 Å². The van der Waals surface area contributed by atoms with Gasteiger partial charge in [-0.25, -0.2) is 0 Å². The maximum absolute atomic E-state index is 12.0. The Bertz CT molecular complexity index is 1590. The van der Waals surface area contributed by atoms with E-state index in [1.54, 1.807) is 24.3 Å². The van der Waals surface area contributed by atoms with Crippen molar-refractivity contribution in [2.45, 2.75) is 44.4 Å². The van der Waals surface area contributed by atoms with Crippen molar-refractivity contribution in [3.8, 4) is 11.5 Å². The first-order chi connectivity index (χ1) is 22.5. The normalized spacial score (nSPS) is 15.6. The Hall–Kier alpha value is 0.00922. The number of fused-ring (bicyclic) bond motifs is 2. The van der Waals surface area contributed by atoms with Crippen LogP contribution in [0.3, 0.4) is 0 Å². The van der Waals surface area contributed by atoms with Crippen molar-refractivity contribution in [3.63, 3.8) is 0 Å². The smallest absolute Gasteiger partial charge is 0.508 e. The summed E-state index contributed by atoms with van der Waals surface area (Å²) >= 11 is 5.58. The monoisotopic (exact) mass is 684 g/mol. The van der Waals surface area contributed by atoms with Gasteiger partial charge in [-0.2, -0.15) is 0 Å². The summed E-state index contributed by atoms with van der Waals surface area (Å²) in [6, 6.07) is 18.7. The van der Waals surface area contributed by atoms with Gasteiger partial charge in [-0.05, 0) is 29.8 Å². The molecule has 3 N–H and O–H groups in total. The molecule has 0 saturated carbocycles. The van der Waals surface area contributed by atoms with Crippen LogP contribution in [0.5, 0.6) is 11.5 Å². The molecule has 21 heteroatoms. The number of phenolic OH excluding ortho intramolecular Hbond substituents is 1. The van der Waals surface area contributed by atoms with Crippen LogP contribution in [0, 0.1) is 5.92 Å². The number of aromatic hydroxyl groups is 1. The van der Waals surface area contributed by atoms with Gasteiger partial charge in [-0.15, -0.1) is 0 Å². The molecule has 0 saturated heterocycles. The minimum Gasteiger partial charge on any atom is -0.508 e. The fourth-order valence-electron chi connectivity index (χ4n) is 6.71. The number of ether oxygens (including phenoxy) is 1. The first kappa shape index (κ1) is 45.2. The molecule has 4 rings (SSSR count). The van der Waals surface area contributed by atoms with Crippen LogP contribution in [0.25, 0.3) is 0 Å². The molecule has 2 aromatic carbocycles. The number of allylic oxidation sites excluding steroid dienone is 3. The van der Waals surface area contributed by atoms with Crippen LogP contribution < -0.4 is 74.5 Å². The Balaban J connectivity index is 0.00000417. The molecule has 0 aromatic heterocycles. The number of hydrogen-bond acceptors (Lipinski definition) is 4. The molecule has 1 heterocycles.